The van der Waals surface area contributed by atoms with Crippen molar-refractivity contribution < 1.29 is 31.5 Å². The molecule has 1 aliphatic carbocycles. The summed E-state index contributed by atoms with van der Waals surface area (Å²) < 4.78 is 62.5. The maximum Gasteiger partial charge on any atom is 0.391 e. The Hall–Kier alpha value is -2.50. The van der Waals surface area contributed by atoms with Crippen molar-refractivity contribution in [3.05, 3.63) is 58.9 Å². The van der Waals surface area contributed by atoms with Gasteiger partial charge in [0.05, 0.1) is 40.8 Å². The van der Waals surface area contributed by atoms with Crippen LogP contribution >= 0.6 is 0 Å². The summed E-state index contributed by atoms with van der Waals surface area (Å²) in [6, 6.07) is 7.12. The number of halogens is 3. The molecule has 2 atom stereocenters. The average molecular weight is 554 g/mol. The normalized spacial score (nSPS) is 23.2. The standard InChI is InChI=1S/C27H34F3N3O4S/c1-3-24-25-20(15-33(24)14-17-4-8-21(9-5-17)27(28,29)30)12-19(13-31-25)26(35)32-23(16-34)18-6-10-22(11-7-18)38(2,36)37/h6-7,10-13,17,21,23-24,34H,3-5,8-9,14-16H2,1-2H3,(H,32,35)/t17-,21-,23-,24-/m0/s1. The molecule has 7 nitrogen and oxygen atoms in total. The molecule has 0 spiro atoms. The number of carbonyl (C=O) groups excluding carboxylic acids is 1. The molecule has 2 heterocycles. The second-order valence-electron chi connectivity index (χ2n) is 10.4. The number of sulfone groups is 1. The molecule has 0 saturated heterocycles. The van der Waals surface area contributed by atoms with Gasteiger partial charge in [0.1, 0.15) is 0 Å². The maximum absolute atomic E-state index is 13.0. The Balaban J connectivity index is 1.41. The zero-order valence-electron chi connectivity index (χ0n) is 21.5. The second-order valence-corrected chi connectivity index (χ2v) is 12.4. The fraction of sp³-hybridized carbons (Fsp3) is 0.556. The number of hydrogen-bond donors (Lipinski definition) is 2. The molecule has 11 heteroatoms. The van der Waals surface area contributed by atoms with Gasteiger partial charge in [-0.1, -0.05) is 19.1 Å². The molecule has 1 aromatic heterocycles. The van der Waals surface area contributed by atoms with E-state index < -0.39 is 33.9 Å². The van der Waals surface area contributed by atoms with Gasteiger partial charge in [-0.15, -0.1) is 0 Å². The Morgan fingerprint density at radius 3 is 2.39 bits per heavy atom. The van der Waals surface area contributed by atoms with E-state index in [1.807, 2.05) is 0 Å². The van der Waals surface area contributed by atoms with Crippen molar-refractivity contribution in [2.45, 2.75) is 68.7 Å². The first kappa shape index (κ1) is 28.5. The van der Waals surface area contributed by atoms with Crippen LogP contribution in [0.3, 0.4) is 0 Å². The van der Waals surface area contributed by atoms with Crippen molar-refractivity contribution >= 4 is 15.7 Å². The third-order valence-corrected chi connectivity index (χ3v) is 8.91. The number of pyridine rings is 1. The predicted octanol–water partition coefficient (Wildman–Crippen LogP) is 4.58. The fourth-order valence-electron chi connectivity index (χ4n) is 5.64. The number of carbonyl (C=O) groups is 1. The molecule has 2 N–H and O–H groups in total. The van der Waals surface area contributed by atoms with Crippen LogP contribution in [0.5, 0.6) is 0 Å². The molecular weight excluding hydrogens is 519 g/mol. The first-order chi connectivity index (χ1) is 17.9. The largest absolute Gasteiger partial charge is 0.394 e. The van der Waals surface area contributed by atoms with Crippen molar-refractivity contribution in [3.8, 4) is 0 Å². The molecule has 1 aliphatic heterocycles. The summed E-state index contributed by atoms with van der Waals surface area (Å²) in [5.41, 5.74) is 2.73. The summed E-state index contributed by atoms with van der Waals surface area (Å²) in [5.74, 6) is -1.40. The zero-order chi connectivity index (χ0) is 27.7. The van der Waals surface area contributed by atoms with E-state index in [4.69, 9.17) is 0 Å². The molecule has 1 fully saturated rings. The van der Waals surface area contributed by atoms with E-state index in [1.54, 1.807) is 18.2 Å². The van der Waals surface area contributed by atoms with Gasteiger partial charge in [-0.25, -0.2) is 8.42 Å². The van der Waals surface area contributed by atoms with Crippen LogP contribution in [-0.4, -0.2) is 54.9 Å². The lowest BCUT2D eigenvalue weighted by atomic mass is 9.81. The predicted molar refractivity (Wildman–Crippen MR) is 136 cm³/mol. The fourth-order valence-corrected chi connectivity index (χ4v) is 6.27. The van der Waals surface area contributed by atoms with E-state index in [0.29, 0.717) is 37.1 Å². The topological polar surface area (TPSA) is 99.6 Å². The SMILES string of the molecule is CC[C@H]1c2ncc(C(=O)N[C@@H](CO)c3ccc(S(C)(=O)=O)cc3)cc2CN1C[C@H]1CC[C@H](C(F)(F)F)CC1. The lowest BCUT2D eigenvalue weighted by molar-refractivity contribution is -0.184. The molecule has 1 saturated carbocycles. The smallest absolute Gasteiger partial charge is 0.391 e. The van der Waals surface area contributed by atoms with Crippen LogP contribution in [0.4, 0.5) is 13.2 Å². The minimum absolute atomic E-state index is 0.0565. The van der Waals surface area contributed by atoms with Gasteiger partial charge >= 0.3 is 6.18 Å². The second kappa shape index (κ2) is 11.3. The Labute approximate surface area is 221 Å². The molecular formula is C27H34F3N3O4S. The van der Waals surface area contributed by atoms with Crippen molar-refractivity contribution in [1.82, 2.24) is 15.2 Å². The van der Waals surface area contributed by atoms with Gasteiger partial charge in [-0.2, -0.15) is 13.2 Å². The molecule has 2 aliphatic rings. The van der Waals surface area contributed by atoms with Crippen LogP contribution in [0.2, 0.25) is 0 Å². The number of nitrogens with zero attached hydrogens (tertiary/aromatic N) is 2. The summed E-state index contributed by atoms with van der Waals surface area (Å²) in [4.78, 5) is 20.0. The van der Waals surface area contributed by atoms with Gasteiger partial charge < -0.3 is 10.4 Å². The van der Waals surface area contributed by atoms with Gasteiger partial charge in [-0.05, 0) is 67.3 Å². The highest BCUT2D eigenvalue weighted by atomic mass is 32.2. The van der Waals surface area contributed by atoms with Gasteiger partial charge in [-0.3, -0.25) is 14.7 Å². The quantitative estimate of drug-likeness (QED) is 0.497. The first-order valence-electron chi connectivity index (χ1n) is 12.9. The highest BCUT2D eigenvalue weighted by Gasteiger charge is 2.42. The van der Waals surface area contributed by atoms with E-state index >= 15 is 0 Å². The average Bonchev–Trinajstić information content (AvgIpc) is 3.22. The number of fused-ring (bicyclic) bond motifs is 1. The Kier molecular flexibility index (Phi) is 8.49. The van der Waals surface area contributed by atoms with Crippen LogP contribution in [0.15, 0.2) is 41.4 Å². The van der Waals surface area contributed by atoms with E-state index in [0.717, 1.165) is 23.9 Å². The Bertz CT molecular complexity index is 1240. The van der Waals surface area contributed by atoms with Crippen molar-refractivity contribution in [3.63, 3.8) is 0 Å². The summed E-state index contributed by atoms with van der Waals surface area (Å²) in [5, 5.41) is 12.6. The van der Waals surface area contributed by atoms with Gasteiger partial charge in [0.15, 0.2) is 9.84 Å². The van der Waals surface area contributed by atoms with Crippen LogP contribution < -0.4 is 5.32 Å². The molecule has 4 rings (SSSR count). The number of hydrogen-bond acceptors (Lipinski definition) is 6. The third kappa shape index (κ3) is 6.38. The minimum Gasteiger partial charge on any atom is -0.394 e. The van der Waals surface area contributed by atoms with Gasteiger partial charge in [0.25, 0.3) is 5.91 Å². The van der Waals surface area contributed by atoms with Crippen molar-refractivity contribution in [2.75, 3.05) is 19.4 Å². The maximum atomic E-state index is 13.0. The number of alkyl halides is 3. The van der Waals surface area contributed by atoms with Crippen LogP contribution in [0, 0.1) is 11.8 Å². The zero-order valence-corrected chi connectivity index (χ0v) is 22.4. The van der Waals surface area contributed by atoms with E-state index in [1.165, 1.54) is 18.3 Å². The number of aromatic nitrogens is 1. The minimum atomic E-state index is -4.11. The lowest BCUT2D eigenvalue weighted by Crippen LogP contribution is -2.33. The molecule has 0 radical (unpaired) electrons. The van der Waals surface area contributed by atoms with E-state index in [2.05, 4.69) is 22.1 Å². The highest BCUT2D eigenvalue weighted by molar-refractivity contribution is 7.90. The lowest BCUT2D eigenvalue weighted by Gasteiger charge is -2.33. The molecule has 1 aromatic carbocycles. The Morgan fingerprint density at radius 1 is 1.18 bits per heavy atom. The van der Waals surface area contributed by atoms with Gasteiger partial charge in [0, 0.05) is 25.5 Å². The summed E-state index contributed by atoms with van der Waals surface area (Å²) in [6.07, 6.45) is 0.780. The van der Waals surface area contributed by atoms with E-state index in [9.17, 15) is 31.5 Å². The van der Waals surface area contributed by atoms with Crippen molar-refractivity contribution in [2.24, 2.45) is 11.8 Å². The number of nitrogens with one attached hydrogen (secondary N) is 1. The molecule has 38 heavy (non-hydrogen) atoms. The van der Waals surface area contributed by atoms with E-state index in [-0.39, 0.29) is 36.3 Å². The number of aliphatic hydroxyl groups excluding tert-OH is 1. The molecule has 2 aromatic rings. The summed E-state index contributed by atoms with van der Waals surface area (Å²) in [7, 11) is -3.36. The molecule has 1 amide bonds. The third-order valence-electron chi connectivity index (χ3n) is 7.78. The van der Waals surface area contributed by atoms with Gasteiger partial charge in [0.2, 0.25) is 0 Å². The molecule has 0 unspecified atom stereocenters. The van der Waals surface area contributed by atoms with Crippen LogP contribution in [0.1, 0.15) is 78.3 Å². The molecule has 0 bridgehead atoms. The number of amides is 1. The first-order valence-corrected chi connectivity index (χ1v) is 14.8. The number of aliphatic hydroxyl groups is 1. The number of benzene rings is 1. The monoisotopic (exact) mass is 553 g/mol. The summed E-state index contributed by atoms with van der Waals surface area (Å²) >= 11 is 0. The van der Waals surface area contributed by atoms with Crippen molar-refractivity contribution in [1.29, 1.82) is 0 Å². The van der Waals surface area contributed by atoms with Crippen LogP contribution in [-0.2, 0) is 16.4 Å². The summed E-state index contributed by atoms with van der Waals surface area (Å²) in [6.45, 7) is 2.97. The highest BCUT2D eigenvalue weighted by Crippen LogP contribution is 2.42. The molecule has 208 valence electrons. The Morgan fingerprint density at radius 2 is 1.84 bits per heavy atom. The van der Waals surface area contributed by atoms with Crippen LogP contribution in [0.25, 0.3) is 0 Å². The number of rotatable bonds is 8.